The van der Waals surface area contributed by atoms with E-state index in [1.54, 1.807) is 11.3 Å². The van der Waals surface area contributed by atoms with Crippen LogP contribution in [0.2, 0.25) is 0 Å². The van der Waals surface area contributed by atoms with Gasteiger partial charge in [0.05, 0.1) is 5.51 Å². The van der Waals surface area contributed by atoms with E-state index in [0.29, 0.717) is 12.1 Å². The summed E-state index contributed by atoms with van der Waals surface area (Å²) in [5, 5.41) is 3.58. The van der Waals surface area contributed by atoms with Gasteiger partial charge in [0.2, 0.25) is 0 Å². The zero-order valence-electron chi connectivity index (χ0n) is 8.03. The molecule has 13 heavy (non-hydrogen) atoms. The fourth-order valence-electron chi connectivity index (χ4n) is 1.68. The summed E-state index contributed by atoms with van der Waals surface area (Å²) >= 11 is 1.72. The molecule has 0 saturated carbocycles. The van der Waals surface area contributed by atoms with Crippen LogP contribution in [0.15, 0.2) is 11.7 Å². The van der Waals surface area contributed by atoms with E-state index in [1.807, 2.05) is 11.7 Å². The Bertz CT molecular complexity index is 254. The van der Waals surface area contributed by atoms with Crippen LogP contribution in [0.25, 0.3) is 0 Å². The first-order valence-electron chi connectivity index (χ1n) is 4.58. The normalized spacial score (nSPS) is 21.4. The van der Waals surface area contributed by atoms with Crippen molar-refractivity contribution in [1.29, 1.82) is 0 Å². The van der Waals surface area contributed by atoms with Crippen LogP contribution in [-0.2, 0) is 0 Å². The third-order valence-electron chi connectivity index (χ3n) is 2.43. The van der Waals surface area contributed by atoms with Gasteiger partial charge in [-0.3, -0.25) is 4.98 Å². The molecule has 1 aliphatic rings. The maximum atomic E-state index is 4.08. The van der Waals surface area contributed by atoms with E-state index in [0.717, 1.165) is 0 Å². The molecule has 72 valence electrons. The SMILES string of the molecule is CC(NC1CN(C)C1)c1cncs1. The minimum atomic E-state index is 0.450. The molecule has 1 aliphatic heterocycles. The van der Waals surface area contributed by atoms with Gasteiger partial charge in [0, 0.05) is 36.2 Å². The molecule has 0 radical (unpaired) electrons. The van der Waals surface area contributed by atoms with Crippen LogP contribution in [0.1, 0.15) is 17.8 Å². The maximum absolute atomic E-state index is 4.08. The zero-order valence-corrected chi connectivity index (χ0v) is 8.84. The monoisotopic (exact) mass is 197 g/mol. The summed E-state index contributed by atoms with van der Waals surface area (Å²) in [5.41, 5.74) is 1.89. The Hall–Kier alpha value is -0.450. The summed E-state index contributed by atoms with van der Waals surface area (Å²) in [6.45, 7) is 4.54. The molecule has 3 nitrogen and oxygen atoms in total. The largest absolute Gasteiger partial charge is 0.304 e. The lowest BCUT2D eigenvalue weighted by molar-refractivity contribution is 0.153. The van der Waals surface area contributed by atoms with Crippen molar-refractivity contribution in [1.82, 2.24) is 15.2 Å². The topological polar surface area (TPSA) is 28.2 Å². The van der Waals surface area contributed by atoms with Crippen LogP contribution in [-0.4, -0.2) is 36.1 Å². The van der Waals surface area contributed by atoms with Gasteiger partial charge in [0.1, 0.15) is 0 Å². The van der Waals surface area contributed by atoms with E-state index in [-0.39, 0.29) is 0 Å². The minimum absolute atomic E-state index is 0.450. The van der Waals surface area contributed by atoms with Crippen molar-refractivity contribution in [3.63, 3.8) is 0 Å². The first kappa shape index (κ1) is 9.12. The molecule has 1 unspecified atom stereocenters. The number of hydrogen-bond donors (Lipinski definition) is 1. The summed E-state index contributed by atoms with van der Waals surface area (Å²) in [6, 6.07) is 1.12. The molecule has 0 aromatic carbocycles. The van der Waals surface area contributed by atoms with Crippen LogP contribution in [0.5, 0.6) is 0 Å². The first-order chi connectivity index (χ1) is 6.25. The Morgan fingerprint density at radius 1 is 1.69 bits per heavy atom. The molecule has 0 aliphatic carbocycles. The molecule has 1 aromatic rings. The van der Waals surface area contributed by atoms with Crippen molar-refractivity contribution in [2.45, 2.75) is 19.0 Å². The number of aromatic nitrogens is 1. The standard InChI is InChI=1S/C9H15N3S/c1-7(9-3-10-6-13-9)11-8-4-12(2)5-8/h3,6-8,11H,4-5H2,1-2H3. The molecule has 2 rings (SSSR count). The van der Waals surface area contributed by atoms with E-state index in [2.05, 4.69) is 29.2 Å². The fraction of sp³-hybridized carbons (Fsp3) is 0.667. The number of thiazole rings is 1. The number of nitrogens with zero attached hydrogens (tertiary/aromatic N) is 2. The average molecular weight is 197 g/mol. The Kier molecular flexibility index (Phi) is 2.62. The molecule has 0 bridgehead atoms. The highest BCUT2D eigenvalue weighted by molar-refractivity contribution is 7.09. The van der Waals surface area contributed by atoms with Gasteiger partial charge in [0.15, 0.2) is 0 Å². The van der Waals surface area contributed by atoms with Gasteiger partial charge in [-0.2, -0.15) is 0 Å². The lowest BCUT2D eigenvalue weighted by Crippen LogP contribution is -2.56. The van der Waals surface area contributed by atoms with Crippen LogP contribution in [0, 0.1) is 0 Å². The van der Waals surface area contributed by atoms with Gasteiger partial charge in [0.25, 0.3) is 0 Å². The molecule has 2 heterocycles. The summed E-state index contributed by atoms with van der Waals surface area (Å²) in [6.07, 6.45) is 1.95. The number of rotatable bonds is 3. The van der Waals surface area contributed by atoms with Crippen LogP contribution in [0.3, 0.4) is 0 Å². The third-order valence-corrected chi connectivity index (χ3v) is 3.39. The predicted molar refractivity (Wildman–Crippen MR) is 54.9 cm³/mol. The van der Waals surface area contributed by atoms with Gasteiger partial charge in [-0.05, 0) is 14.0 Å². The van der Waals surface area contributed by atoms with Gasteiger partial charge >= 0.3 is 0 Å². The average Bonchev–Trinajstić information content (AvgIpc) is 2.53. The maximum Gasteiger partial charge on any atom is 0.0794 e. The van der Waals surface area contributed by atoms with Crippen LogP contribution >= 0.6 is 11.3 Å². The number of hydrogen-bond acceptors (Lipinski definition) is 4. The van der Waals surface area contributed by atoms with E-state index in [1.165, 1.54) is 18.0 Å². The van der Waals surface area contributed by atoms with Crippen molar-refractivity contribution in [2.24, 2.45) is 0 Å². The molecule has 4 heteroatoms. The third kappa shape index (κ3) is 2.07. The lowest BCUT2D eigenvalue weighted by Gasteiger charge is -2.38. The van der Waals surface area contributed by atoms with Crippen molar-refractivity contribution < 1.29 is 0 Å². The highest BCUT2D eigenvalue weighted by Crippen LogP contribution is 2.18. The molecule has 1 aromatic heterocycles. The van der Waals surface area contributed by atoms with E-state index in [4.69, 9.17) is 0 Å². The Morgan fingerprint density at radius 3 is 3.00 bits per heavy atom. The Morgan fingerprint density at radius 2 is 2.46 bits per heavy atom. The predicted octanol–water partition coefficient (Wildman–Crippen LogP) is 1.11. The van der Waals surface area contributed by atoms with Gasteiger partial charge in [-0.25, -0.2) is 0 Å². The second kappa shape index (κ2) is 3.74. The van der Waals surface area contributed by atoms with E-state index < -0.39 is 0 Å². The van der Waals surface area contributed by atoms with Gasteiger partial charge < -0.3 is 10.2 Å². The molecule has 1 N–H and O–H groups in total. The van der Waals surface area contributed by atoms with E-state index >= 15 is 0 Å². The molecule has 1 fully saturated rings. The summed E-state index contributed by atoms with van der Waals surface area (Å²) in [4.78, 5) is 7.72. The van der Waals surface area contributed by atoms with Crippen molar-refractivity contribution >= 4 is 11.3 Å². The summed E-state index contributed by atoms with van der Waals surface area (Å²) in [7, 11) is 2.15. The second-order valence-electron chi connectivity index (χ2n) is 3.71. The smallest absolute Gasteiger partial charge is 0.0794 e. The van der Waals surface area contributed by atoms with E-state index in [9.17, 15) is 0 Å². The molecule has 0 spiro atoms. The zero-order chi connectivity index (χ0) is 9.26. The summed E-state index contributed by atoms with van der Waals surface area (Å²) in [5.74, 6) is 0. The first-order valence-corrected chi connectivity index (χ1v) is 5.46. The van der Waals surface area contributed by atoms with Crippen molar-refractivity contribution in [3.05, 3.63) is 16.6 Å². The van der Waals surface area contributed by atoms with Crippen LogP contribution < -0.4 is 5.32 Å². The molecular weight excluding hydrogens is 182 g/mol. The van der Waals surface area contributed by atoms with Crippen molar-refractivity contribution in [3.8, 4) is 0 Å². The number of likely N-dealkylation sites (N-methyl/N-ethyl adjacent to an activating group) is 1. The highest BCUT2D eigenvalue weighted by atomic mass is 32.1. The second-order valence-corrected chi connectivity index (χ2v) is 4.63. The number of likely N-dealkylation sites (tertiary alicyclic amines) is 1. The van der Waals surface area contributed by atoms with Crippen molar-refractivity contribution in [2.75, 3.05) is 20.1 Å². The van der Waals surface area contributed by atoms with Gasteiger partial charge in [-0.15, -0.1) is 11.3 Å². The number of nitrogens with one attached hydrogen (secondary N) is 1. The Balaban J connectivity index is 1.82. The minimum Gasteiger partial charge on any atom is -0.304 e. The fourth-order valence-corrected chi connectivity index (χ4v) is 2.32. The lowest BCUT2D eigenvalue weighted by atomic mass is 10.1. The summed E-state index contributed by atoms with van der Waals surface area (Å²) < 4.78 is 0. The Labute approximate surface area is 82.8 Å². The molecule has 1 saturated heterocycles. The quantitative estimate of drug-likeness (QED) is 0.786. The molecule has 0 amide bonds. The molecule has 1 atom stereocenters. The highest BCUT2D eigenvalue weighted by Gasteiger charge is 2.24. The molecular formula is C9H15N3S. The van der Waals surface area contributed by atoms with Gasteiger partial charge in [-0.1, -0.05) is 0 Å². The van der Waals surface area contributed by atoms with Crippen LogP contribution in [0.4, 0.5) is 0 Å².